The molecule has 0 spiro atoms. The van der Waals surface area contributed by atoms with E-state index >= 15 is 0 Å². The Kier molecular flexibility index (Phi) is 4.21. The Morgan fingerprint density at radius 1 is 1.11 bits per heavy atom. The standard InChI is InChI=1S/C15H17ClN2/c1-11(2)15(12-6-8-17-9-7-12)18-14-5-3-4-13(16)10-14/h3-11,15,18H,1-2H3. The van der Waals surface area contributed by atoms with Crippen molar-refractivity contribution in [2.24, 2.45) is 5.92 Å². The van der Waals surface area contributed by atoms with E-state index in [1.54, 1.807) is 0 Å². The first kappa shape index (κ1) is 12.9. The zero-order valence-corrected chi connectivity index (χ0v) is 11.4. The van der Waals surface area contributed by atoms with Gasteiger partial charge in [0.2, 0.25) is 0 Å². The summed E-state index contributed by atoms with van der Waals surface area (Å²) in [5.41, 5.74) is 2.28. The second kappa shape index (κ2) is 5.87. The summed E-state index contributed by atoms with van der Waals surface area (Å²) in [6.45, 7) is 4.39. The summed E-state index contributed by atoms with van der Waals surface area (Å²) in [6, 6.07) is 12.1. The lowest BCUT2D eigenvalue weighted by atomic mass is 9.96. The van der Waals surface area contributed by atoms with Crippen molar-refractivity contribution in [3.05, 3.63) is 59.4 Å². The van der Waals surface area contributed by atoms with Gasteiger partial charge in [0.1, 0.15) is 0 Å². The van der Waals surface area contributed by atoms with E-state index < -0.39 is 0 Å². The molecule has 0 saturated carbocycles. The molecule has 0 aliphatic carbocycles. The Balaban J connectivity index is 2.22. The molecule has 0 bridgehead atoms. The molecule has 0 aliphatic rings. The molecule has 1 atom stereocenters. The highest BCUT2D eigenvalue weighted by Crippen LogP contribution is 2.27. The van der Waals surface area contributed by atoms with Gasteiger partial charge in [0, 0.05) is 23.1 Å². The van der Waals surface area contributed by atoms with Crippen LogP contribution in [-0.2, 0) is 0 Å². The van der Waals surface area contributed by atoms with Crippen LogP contribution < -0.4 is 5.32 Å². The van der Waals surface area contributed by atoms with Gasteiger partial charge in [-0.15, -0.1) is 0 Å². The molecule has 0 saturated heterocycles. The SMILES string of the molecule is CC(C)C(Nc1cccc(Cl)c1)c1ccncc1. The van der Waals surface area contributed by atoms with E-state index in [0.29, 0.717) is 5.92 Å². The lowest BCUT2D eigenvalue weighted by molar-refractivity contribution is 0.546. The van der Waals surface area contributed by atoms with Crippen molar-refractivity contribution < 1.29 is 0 Å². The number of hydrogen-bond acceptors (Lipinski definition) is 2. The summed E-state index contributed by atoms with van der Waals surface area (Å²) in [5.74, 6) is 0.478. The average molecular weight is 261 g/mol. The molecule has 3 heteroatoms. The monoisotopic (exact) mass is 260 g/mol. The van der Waals surface area contributed by atoms with Gasteiger partial charge in [0.25, 0.3) is 0 Å². The van der Waals surface area contributed by atoms with Crippen LogP contribution in [-0.4, -0.2) is 4.98 Å². The highest BCUT2D eigenvalue weighted by molar-refractivity contribution is 6.30. The van der Waals surface area contributed by atoms with E-state index in [-0.39, 0.29) is 6.04 Å². The molecule has 94 valence electrons. The second-order valence-corrected chi connectivity index (χ2v) is 5.09. The van der Waals surface area contributed by atoms with E-state index in [2.05, 4.69) is 24.1 Å². The Morgan fingerprint density at radius 2 is 1.83 bits per heavy atom. The first-order valence-electron chi connectivity index (χ1n) is 6.09. The number of aromatic nitrogens is 1. The predicted octanol–water partition coefficient (Wildman–Crippen LogP) is 4.54. The Bertz CT molecular complexity index is 497. The minimum absolute atomic E-state index is 0.256. The van der Waals surface area contributed by atoms with Gasteiger partial charge in [0.15, 0.2) is 0 Å². The van der Waals surface area contributed by atoms with E-state index in [1.807, 2.05) is 48.8 Å². The molecule has 2 nitrogen and oxygen atoms in total. The maximum absolute atomic E-state index is 6.00. The third kappa shape index (κ3) is 3.23. The third-order valence-corrected chi connectivity index (χ3v) is 3.11. The van der Waals surface area contributed by atoms with Gasteiger partial charge >= 0.3 is 0 Å². The van der Waals surface area contributed by atoms with Gasteiger partial charge < -0.3 is 5.32 Å². The molecule has 18 heavy (non-hydrogen) atoms. The topological polar surface area (TPSA) is 24.9 Å². The van der Waals surface area contributed by atoms with Crippen molar-refractivity contribution in [2.45, 2.75) is 19.9 Å². The molecule has 1 N–H and O–H groups in total. The molecule has 0 aliphatic heterocycles. The van der Waals surface area contributed by atoms with Crippen LogP contribution in [0.1, 0.15) is 25.5 Å². The fourth-order valence-corrected chi connectivity index (χ4v) is 2.15. The van der Waals surface area contributed by atoms with Gasteiger partial charge in [-0.2, -0.15) is 0 Å². The number of hydrogen-bond donors (Lipinski definition) is 1. The van der Waals surface area contributed by atoms with Crippen molar-refractivity contribution in [3.63, 3.8) is 0 Å². The van der Waals surface area contributed by atoms with Gasteiger partial charge in [-0.05, 0) is 41.8 Å². The van der Waals surface area contributed by atoms with Crippen molar-refractivity contribution in [1.29, 1.82) is 0 Å². The first-order chi connectivity index (χ1) is 8.66. The number of nitrogens with one attached hydrogen (secondary N) is 1. The molecule has 0 amide bonds. The molecule has 2 rings (SSSR count). The highest BCUT2D eigenvalue weighted by Gasteiger charge is 2.15. The van der Waals surface area contributed by atoms with Crippen LogP contribution in [0.15, 0.2) is 48.8 Å². The number of halogens is 1. The smallest absolute Gasteiger partial charge is 0.0537 e. The zero-order chi connectivity index (χ0) is 13.0. The molecule has 0 radical (unpaired) electrons. The summed E-state index contributed by atoms with van der Waals surface area (Å²) in [7, 11) is 0. The Morgan fingerprint density at radius 3 is 2.44 bits per heavy atom. The summed E-state index contributed by atoms with van der Waals surface area (Å²) in [5, 5.41) is 4.27. The second-order valence-electron chi connectivity index (χ2n) is 4.66. The number of nitrogens with zero attached hydrogens (tertiary/aromatic N) is 1. The van der Waals surface area contributed by atoms with Gasteiger partial charge in [-0.3, -0.25) is 4.98 Å². The van der Waals surface area contributed by atoms with E-state index in [9.17, 15) is 0 Å². The van der Waals surface area contributed by atoms with Gasteiger partial charge in [-0.25, -0.2) is 0 Å². The molecule has 1 unspecified atom stereocenters. The number of benzene rings is 1. The normalized spacial score (nSPS) is 12.4. The fraction of sp³-hybridized carbons (Fsp3) is 0.267. The minimum Gasteiger partial charge on any atom is -0.378 e. The average Bonchev–Trinajstić information content (AvgIpc) is 2.37. The van der Waals surface area contributed by atoms with Crippen molar-refractivity contribution in [2.75, 3.05) is 5.32 Å². The van der Waals surface area contributed by atoms with E-state index in [4.69, 9.17) is 11.6 Å². The lowest BCUT2D eigenvalue weighted by Crippen LogP contribution is -2.16. The molecule has 1 aromatic carbocycles. The van der Waals surface area contributed by atoms with Crippen LogP contribution in [0.4, 0.5) is 5.69 Å². The van der Waals surface area contributed by atoms with E-state index in [1.165, 1.54) is 5.56 Å². The highest BCUT2D eigenvalue weighted by atomic mass is 35.5. The lowest BCUT2D eigenvalue weighted by Gasteiger charge is -2.24. The van der Waals surface area contributed by atoms with Crippen LogP contribution in [0.3, 0.4) is 0 Å². The van der Waals surface area contributed by atoms with Gasteiger partial charge in [-0.1, -0.05) is 31.5 Å². The largest absolute Gasteiger partial charge is 0.378 e. The van der Waals surface area contributed by atoms with Crippen LogP contribution in [0, 0.1) is 5.92 Å². The summed E-state index contributed by atoms with van der Waals surface area (Å²) in [6.07, 6.45) is 3.65. The Hall–Kier alpha value is -1.54. The molecule has 1 aromatic heterocycles. The quantitative estimate of drug-likeness (QED) is 0.873. The van der Waals surface area contributed by atoms with Crippen molar-refractivity contribution in [1.82, 2.24) is 4.98 Å². The Labute approximate surface area is 113 Å². The minimum atomic E-state index is 0.256. The maximum Gasteiger partial charge on any atom is 0.0537 e. The van der Waals surface area contributed by atoms with Crippen LogP contribution in [0.2, 0.25) is 5.02 Å². The first-order valence-corrected chi connectivity index (χ1v) is 6.46. The van der Waals surface area contributed by atoms with Crippen molar-refractivity contribution in [3.8, 4) is 0 Å². The summed E-state index contributed by atoms with van der Waals surface area (Å²) in [4.78, 5) is 4.06. The fourth-order valence-electron chi connectivity index (χ4n) is 1.96. The van der Waals surface area contributed by atoms with Crippen LogP contribution in [0.25, 0.3) is 0 Å². The molecule has 1 heterocycles. The molecule has 2 aromatic rings. The molecule has 0 fully saturated rings. The zero-order valence-electron chi connectivity index (χ0n) is 10.6. The van der Waals surface area contributed by atoms with E-state index in [0.717, 1.165) is 10.7 Å². The third-order valence-electron chi connectivity index (χ3n) is 2.88. The number of anilines is 1. The van der Waals surface area contributed by atoms with Gasteiger partial charge in [0.05, 0.1) is 6.04 Å². The van der Waals surface area contributed by atoms with Crippen LogP contribution in [0.5, 0.6) is 0 Å². The molecular weight excluding hydrogens is 244 g/mol. The van der Waals surface area contributed by atoms with Crippen molar-refractivity contribution >= 4 is 17.3 Å². The summed E-state index contributed by atoms with van der Waals surface area (Å²) >= 11 is 6.00. The molecular formula is C15H17ClN2. The summed E-state index contributed by atoms with van der Waals surface area (Å²) < 4.78 is 0. The van der Waals surface area contributed by atoms with Crippen LogP contribution >= 0.6 is 11.6 Å². The number of pyridine rings is 1. The maximum atomic E-state index is 6.00. The number of rotatable bonds is 4. The predicted molar refractivity (Wildman–Crippen MR) is 76.9 cm³/mol.